The number of hydrogen-bond acceptors (Lipinski definition) is 2. The summed E-state index contributed by atoms with van der Waals surface area (Å²) in [5.41, 5.74) is 1.30. The molecule has 0 saturated heterocycles. The minimum Gasteiger partial charge on any atom is -0.478 e. The summed E-state index contributed by atoms with van der Waals surface area (Å²) in [5.74, 6) is -0.928. The standard InChI is InChI=1S/C13H17NO2/c1-11(14-10-9-13(15)16)7-8-12-5-3-2-4-6-12/h2-6,9-11,14H,7-8H2,1H3,(H,15,16)/b10-9+. The molecule has 16 heavy (non-hydrogen) atoms. The van der Waals surface area contributed by atoms with Gasteiger partial charge in [0.15, 0.2) is 0 Å². The van der Waals surface area contributed by atoms with Gasteiger partial charge in [-0.05, 0) is 25.3 Å². The van der Waals surface area contributed by atoms with Gasteiger partial charge in [0.05, 0.1) is 0 Å². The van der Waals surface area contributed by atoms with E-state index < -0.39 is 5.97 Å². The third-order valence-corrected chi connectivity index (χ3v) is 2.32. The van der Waals surface area contributed by atoms with Gasteiger partial charge in [0, 0.05) is 18.3 Å². The molecule has 2 N–H and O–H groups in total. The normalized spacial score (nSPS) is 12.6. The number of carboxylic acid groups (broad SMARTS) is 1. The molecule has 3 nitrogen and oxygen atoms in total. The number of benzene rings is 1. The number of carbonyl (C=O) groups is 1. The van der Waals surface area contributed by atoms with Gasteiger partial charge in [-0.15, -0.1) is 0 Å². The molecule has 0 radical (unpaired) electrons. The summed E-state index contributed by atoms with van der Waals surface area (Å²) in [7, 11) is 0. The molecule has 0 heterocycles. The van der Waals surface area contributed by atoms with Gasteiger partial charge in [-0.25, -0.2) is 4.79 Å². The second-order valence-corrected chi connectivity index (χ2v) is 3.76. The zero-order valence-electron chi connectivity index (χ0n) is 9.39. The van der Waals surface area contributed by atoms with Gasteiger partial charge < -0.3 is 10.4 Å². The predicted octanol–water partition coefficient (Wildman–Crippen LogP) is 2.20. The van der Waals surface area contributed by atoms with Gasteiger partial charge in [0.25, 0.3) is 0 Å². The van der Waals surface area contributed by atoms with Gasteiger partial charge in [0.1, 0.15) is 0 Å². The summed E-state index contributed by atoms with van der Waals surface area (Å²) >= 11 is 0. The first-order valence-electron chi connectivity index (χ1n) is 5.38. The molecule has 1 aromatic carbocycles. The van der Waals surface area contributed by atoms with Crippen LogP contribution in [0.4, 0.5) is 0 Å². The predicted molar refractivity (Wildman–Crippen MR) is 64.1 cm³/mol. The van der Waals surface area contributed by atoms with Crippen LogP contribution >= 0.6 is 0 Å². The van der Waals surface area contributed by atoms with Crippen molar-refractivity contribution >= 4 is 5.97 Å². The zero-order chi connectivity index (χ0) is 11.8. The average Bonchev–Trinajstić information content (AvgIpc) is 2.27. The number of hydrogen-bond donors (Lipinski definition) is 2. The molecule has 0 aromatic heterocycles. The molecule has 0 amide bonds. The number of aryl methyl sites for hydroxylation is 1. The zero-order valence-corrected chi connectivity index (χ0v) is 9.39. The topological polar surface area (TPSA) is 49.3 Å². The molecular weight excluding hydrogens is 202 g/mol. The maximum atomic E-state index is 10.2. The molecule has 86 valence electrons. The van der Waals surface area contributed by atoms with E-state index in [-0.39, 0.29) is 6.04 Å². The van der Waals surface area contributed by atoms with Crippen LogP contribution in [0.25, 0.3) is 0 Å². The monoisotopic (exact) mass is 219 g/mol. The first kappa shape index (κ1) is 12.3. The third-order valence-electron chi connectivity index (χ3n) is 2.32. The molecular formula is C13H17NO2. The smallest absolute Gasteiger partial charge is 0.329 e. The molecule has 3 heteroatoms. The van der Waals surface area contributed by atoms with Gasteiger partial charge in [-0.1, -0.05) is 30.3 Å². The highest BCUT2D eigenvalue weighted by atomic mass is 16.4. The molecule has 1 atom stereocenters. The van der Waals surface area contributed by atoms with E-state index in [0.29, 0.717) is 0 Å². The van der Waals surface area contributed by atoms with Crippen LogP contribution in [0, 0.1) is 0 Å². The van der Waals surface area contributed by atoms with Crippen molar-refractivity contribution in [1.29, 1.82) is 0 Å². The summed E-state index contributed by atoms with van der Waals surface area (Å²) in [5, 5.41) is 11.4. The van der Waals surface area contributed by atoms with Crippen molar-refractivity contribution in [1.82, 2.24) is 5.32 Å². The van der Waals surface area contributed by atoms with Crippen molar-refractivity contribution < 1.29 is 9.90 Å². The van der Waals surface area contributed by atoms with Crippen molar-refractivity contribution in [2.24, 2.45) is 0 Å². The summed E-state index contributed by atoms with van der Waals surface area (Å²) in [6.07, 6.45) is 4.57. The Morgan fingerprint density at radius 3 is 2.75 bits per heavy atom. The lowest BCUT2D eigenvalue weighted by Crippen LogP contribution is -2.21. The Bertz CT molecular complexity index is 346. The van der Waals surface area contributed by atoms with Crippen LogP contribution in [0.15, 0.2) is 42.6 Å². The van der Waals surface area contributed by atoms with Gasteiger partial charge in [-0.2, -0.15) is 0 Å². The average molecular weight is 219 g/mol. The van der Waals surface area contributed by atoms with E-state index in [4.69, 9.17) is 5.11 Å². The van der Waals surface area contributed by atoms with Crippen molar-refractivity contribution in [3.8, 4) is 0 Å². The highest BCUT2D eigenvalue weighted by Crippen LogP contribution is 2.04. The Morgan fingerprint density at radius 2 is 2.12 bits per heavy atom. The number of carboxylic acids is 1. The molecule has 1 rings (SSSR count). The van der Waals surface area contributed by atoms with E-state index in [1.54, 1.807) is 0 Å². The Morgan fingerprint density at radius 1 is 1.44 bits per heavy atom. The maximum absolute atomic E-state index is 10.2. The molecule has 0 bridgehead atoms. The number of nitrogens with one attached hydrogen (secondary N) is 1. The Kier molecular flexibility index (Phi) is 5.12. The molecule has 1 unspecified atom stereocenters. The van der Waals surface area contributed by atoms with E-state index in [2.05, 4.69) is 17.4 Å². The fourth-order valence-electron chi connectivity index (χ4n) is 1.39. The highest BCUT2D eigenvalue weighted by molar-refractivity contribution is 5.79. The summed E-state index contributed by atoms with van der Waals surface area (Å²) in [6, 6.07) is 10.5. The van der Waals surface area contributed by atoms with Crippen LogP contribution in [0.5, 0.6) is 0 Å². The summed E-state index contributed by atoms with van der Waals surface area (Å²) in [6.45, 7) is 2.04. The Balaban J connectivity index is 2.25. The lowest BCUT2D eigenvalue weighted by Gasteiger charge is -2.11. The molecule has 0 saturated carbocycles. The van der Waals surface area contributed by atoms with E-state index >= 15 is 0 Å². The molecule has 0 aliphatic rings. The number of rotatable bonds is 6. The molecule has 0 spiro atoms. The number of aliphatic carboxylic acids is 1. The summed E-state index contributed by atoms with van der Waals surface area (Å²) < 4.78 is 0. The van der Waals surface area contributed by atoms with Crippen LogP contribution < -0.4 is 5.32 Å². The first-order valence-corrected chi connectivity index (χ1v) is 5.38. The van der Waals surface area contributed by atoms with Crippen LogP contribution in [0.3, 0.4) is 0 Å². The highest BCUT2D eigenvalue weighted by Gasteiger charge is 1.99. The maximum Gasteiger partial charge on any atom is 0.329 e. The Labute approximate surface area is 95.8 Å². The summed E-state index contributed by atoms with van der Waals surface area (Å²) in [4.78, 5) is 10.2. The molecule has 0 aliphatic heterocycles. The fourth-order valence-corrected chi connectivity index (χ4v) is 1.39. The second kappa shape index (κ2) is 6.67. The lowest BCUT2D eigenvalue weighted by atomic mass is 10.1. The van der Waals surface area contributed by atoms with Crippen molar-refractivity contribution in [2.45, 2.75) is 25.8 Å². The minimum atomic E-state index is -0.928. The Hall–Kier alpha value is -1.77. The van der Waals surface area contributed by atoms with E-state index in [0.717, 1.165) is 18.9 Å². The quantitative estimate of drug-likeness (QED) is 0.721. The van der Waals surface area contributed by atoms with Crippen molar-refractivity contribution in [3.63, 3.8) is 0 Å². The third kappa shape index (κ3) is 5.20. The minimum absolute atomic E-state index is 0.274. The van der Waals surface area contributed by atoms with Crippen LogP contribution in [-0.4, -0.2) is 17.1 Å². The van der Waals surface area contributed by atoms with Crippen LogP contribution in [0.1, 0.15) is 18.9 Å². The lowest BCUT2D eigenvalue weighted by molar-refractivity contribution is -0.131. The largest absolute Gasteiger partial charge is 0.478 e. The fraction of sp³-hybridized carbons (Fsp3) is 0.308. The van der Waals surface area contributed by atoms with Gasteiger partial charge >= 0.3 is 5.97 Å². The molecule has 0 fully saturated rings. The van der Waals surface area contributed by atoms with Crippen LogP contribution in [0.2, 0.25) is 0 Å². The SMILES string of the molecule is CC(CCc1ccccc1)N/C=C/C(=O)O. The van der Waals surface area contributed by atoms with E-state index in [9.17, 15) is 4.79 Å². The van der Waals surface area contributed by atoms with Crippen molar-refractivity contribution in [2.75, 3.05) is 0 Å². The van der Waals surface area contributed by atoms with Gasteiger partial charge in [-0.3, -0.25) is 0 Å². The van der Waals surface area contributed by atoms with E-state index in [1.807, 2.05) is 25.1 Å². The second-order valence-electron chi connectivity index (χ2n) is 3.76. The molecule has 0 aliphatic carbocycles. The van der Waals surface area contributed by atoms with E-state index in [1.165, 1.54) is 11.8 Å². The van der Waals surface area contributed by atoms with Crippen molar-refractivity contribution in [3.05, 3.63) is 48.2 Å². The van der Waals surface area contributed by atoms with Gasteiger partial charge in [0.2, 0.25) is 0 Å². The van der Waals surface area contributed by atoms with Crippen LogP contribution in [-0.2, 0) is 11.2 Å². The first-order chi connectivity index (χ1) is 7.68. The molecule has 1 aromatic rings.